The predicted octanol–water partition coefficient (Wildman–Crippen LogP) is 5.23. The molecule has 3 heterocycles. The molecule has 0 unspecified atom stereocenters. The van der Waals surface area contributed by atoms with Crippen molar-refractivity contribution in [3.8, 4) is 11.4 Å². The van der Waals surface area contributed by atoms with E-state index in [4.69, 9.17) is 4.42 Å². The topological polar surface area (TPSA) is 87.0 Å². The highest BCUT2D eigenvalue weighted by atomic mass is 16.4. The first-order valence-electron chi connectivity index (χ1n) is 11.2. The lowest BCUT2D eigenvalue weighted by Gasteiger charge is -2.30. The second-order valence-electron chi connectivity index (χ2n) is 8.40. The van der Waals surface area contributed by atoms with Gasteiger partial charge in [-0.15, -0.1) is 0 Å². The number of para-hydroxylation sites is 4. The van der Waals surface area contributed by atoms with E-state index in [2.05, 4.69) is 25.2 Å². The summed E-state index contributed by atoms with van der Waals surface area (Å²) in [5, 5.41) is 3.09. The van der Waals surface area contributed by atoms with Crippen LogP contribution in [-0.2, 0) is 4.79 Å². The van der Waals surface area contributed by atoms with Crippen molar-refractivity contribution in [2.24, 2.45) is 5.92 Å². The van der Waals surface area contributed by atoms with Gasteiger partial charge < -0.3 is 19.6 Å². The van der Waals surface area contributed by atoms with E-state index in [1.165, 1.54) is 0 Å². The second-order valence-corrected chi connectivity index (χ2v) is 8.40. The van der Waals surface area contributed by atoms with E-state index in [1.54, 1.807) is 0 Å². The van der Waals surface area contributed by atoms with Crippen LogP contribution in [0.5, 0.6) is 0 Å². The molecule has 1 amide bonds. The Labute approximate surface area is 190 Å². The first-order valence-corrected chi connectivity index (χ1v) is 11.2. The van der Waals surface area contributed by atoms with E-state index in [0.717, 1.165) is 65.1 Å². The van der Waals surface area contributed by atoms with Crippen molar-refractivity contribution in [2.45, 2.75) is 12.8 Å². The van der Waals surface area contributed by atoms with Crippen molar-refractivity contribution in [3.63, 3.8) is 0 Å². The number of nitrogens with zero attached hydrogens (tertiary/aromatic N) is 3. The molecule has 0 radical (unpaired) electrons. The molecule has 3 aromatic carbocycles. The molecule has 0 saturated carbocycles. The largest absolute Gasteiger partial charge is 0.423 e. The number of hydrogen-bond donors (Lipinski definition) is 2. The van der Waals surface area contributed by atoms with Crippen molar-refractivity contribution in [2.75, 3.05) is 23.3 Å². The Kier molecular flexibility index (Phi) is 4.79. The van der Waals surface area contributed by atoms with Crippen molar-refractivity contribution in [1.29, 1.82) is 0 Å². The zero-order valence-electron chi connectivity index (χ0n) is 18.0. The summed E-state index contributed by atoms with van der Waals surface area (Å²) in [4.78, 5) is 27.6. The van der Waals surface area contributed by atoms with Crippen LogP contribution < -0.4 is 10.2 Å². The van der Waals surface area contributed by atoms with Crippen LogP contribution in [0.4, 0.5) is 11.7 Å². The summed E-state index contributed by atoms with van der Waals surface area (Å²) in [6.45, 7) is 1.48. The highest BCUT2D eigenvalue weighted by molar-refractivity contribution is 5.93. The third kappa shape index (κ3) is 3.82. The van der Waals surface area contributed by atoms with Gasteiger partial charge in [0.05, 0.1) is 11.0 Å². The molecule has 7 nitrogen and oxygen atoms in total. The number of aromatic amines is 1. The molecule has 6 rings (SSSR count). The van der Waals surface area contributed by atoms with Crippen LogP contribution in [0.1, 0.15) is 12.8 Å². The summed E-state index contributed by atoms with van der Waals surface area (Å²) in [7, 11) is 0. The van der Waals surface area contributed by atoms with Crippen LogP contribution in [0.25, 0.3) is 33.5 Å². The van der Waals surface area contributed by atoms with Crippen molar-refractivity contribution >= 4 is 39.7 Å². The van der Waals surface area contributed by atoms with Crippen LogP contribution in [-0.4, -0.2) is 33.9 Å². The van der Waals surface area contributed by atoms with E-state index in [0.29, 0.717) is 6.01 Å². The van der Waals surface area contributed by atoms with Crippen LogP contribution in [0.3, 0.4) is 0 Å². The third-order valence-electron chi connectivity index (χ3n) is 6.21. The Morgan fingerprint density at radius 1 is 0.939 bits per heavy atom. The molecule has 1 aliphatic rings. The number of piperidine rings is 1. The molecule has 7 heteroatoms. The first kappa shape index (κ1) is 19.5. The fourth-order valence-corrected chi connectivity index (χ4v) is 4.41. The lowest BCUT2D eigenvalue weighted by molar-refractivity contribution is -0.120. The molecule has 5 aromatic rings. The Hall–Kier alpha value is -4.13. The molecular formula is C26H23N5O2. The molecule has 2 aromatic heterocycles. The lowest BCUT2D eigenvalue weighted by Crippen LogP contribution is -2.38. The van der Waals surface area contributed by atoms with Crippen LogP contribution in [0.15, 0.2) is 77.2 Å². The van der Waals surface area contributed by atoms with E-state index >= 15 is 0 Å². The highest BCUT2D eigenvalue weighted by Gasteiger charge is 2.27. The number of rotatable bonds is 4. The van der Waals surface area contributed by atoms with Gasteiger partial charge in [-0.2, -0.15) is 4.98 Å². The van der Waals surface area contributed by atoms with Crippen molar-refractivity contribution < 1.29 is 9.21 Å². The molecule has 33 heavy (non-hydrogen) atoms. The number of benzene rings is 3. The quantitative estimate of drug-likeness (QED) is 0.402. The van der Waals surface area contributed by atoms with Gasteiger partial charge in [0, 0.05) is 30.3 Å². The standard InChI is InChI=1S/C26H23N5O2/c32-25(17-12-14-31(15-13-17)26-30-22-10-3-4-11-23(22)33-26)27-19-7-5-6-18(16-19)24-28-20-8-1-2-9-21(20)29-24/h1-11,16-17H,12-15H2,(H,27,32)(H,28,29). The van der Waals surface area contributed by atoms with Gasteiger partial charge in [-0.1, -0.05) is 36.4 Å². The molecule has 164 valence electrons. The second kappa shape index (κ2) is 8.09. The number of fused-ring (bicyclic) bond motifs is 2. The number of nitrogens with one attached hydrogen (secondary N) is 2. The normalized spacial score (nSPS) is 14.7. The zero-order valence-corrected chi connectivity index (χ0v) is 18.0. The van der Waals surface area contributed by atoms with Gasteiger partial charge in [0.2, 0.25) is 5.91 Å². The molecule has 1 saturated heterocycles. The van der Waals surface area contributed by atoms with Gasteiger partial charge in [0.15, 0.2) is 5.58 Å². The van der Waals surface area contributed by atoms with Crippen LogP contribution in [0, 0.1) is 5.92 Å². The molecule has 2 N–H and O–H groups in total. The third-order valence-corrected chi connectivity index (χ3v) is 6.21. The van der Waals surface area contributed by atoms with E-state index in [9.17, 15) is 4.79 Å². The molecule has 1 aliphatic heterocycles. The minimum Gasteiger partial charge on any atom is -0.423 e. The molecule has 1 fully saturated rings. The lowest BCUT2D eigenvalue weighted by atomic mass is 9.96. The number of aromatic nitrogens is 3. The molecule has 0 bridgehead atoms. The minimum absolute atomic E-state index is 0.0412. The van der Waals surface area contributed by atoms with Crippen molar-refractivity contribution in [3.05, 3.63) is 72.8 Å². The minimum atomic E-state index is -0.0412. The monoisotopic (exact) mass is 437 g/mol. The average molecular weight is 438 g/mol. The number of oxazole rings is 1. The summed E-state index contributed by atoms with van der Waals surface area (Å²) in [6.07, 6.45) is 1.52. The maximum absolute atomic E-state index is 12.9. The maximum atomic E-state index is 12.9. The Balaban J connectivity index is 1.12. The number of imidazole rings is 1. The molecule has 0 atom stereocenters. The first-order chi connectivity index (χ1) is 16.2. The van der Waals surface area contributed by atoms with E-state index in [-0.39, 0.29) is 11.8 Å². The number of hydrogen-bond acceptors (Lipinski definition) is 5. The van der Waals surface area contributed by atoms with Gasteiger partial charge >= 0.3 is 0 Å². The Morgan fingerprint density at radius 2 is 1.73 bits per heavy atom. The average Bonchev–Trinajstić information content (AvgIpc) is 3.49. The smallest absolute Gasteiger partial charge is 0.298 e. The molecule has 0 aliphatic carbocycles. The van der Waals surface area contributed by atoms with Gasteiger partial charge in [-0.3, -0.25) is 4.79 Å². The number of anilines is 2. The van der Waals surface area contributed by atoms with Gasteiger partial charge in [0.1, 0.15) is 11.3 Å². The summed E-state index contributed by atoms with van der Waals surface area (Å²) in [5.41, 5.74) is 5.28. The summed E-state index contributed by atoms with van der Waals surface area (Å²) in [6, 6.07) is 24.1. The maximum Gasteiger partial charge on any atom is 0.298 e. The van der Waals surface area contributed by atoms with E-state index in [1.807, 2.05) is 72.8 Å². The summed E-state index contributed by atoms with van der Waals surface area (Å²) in [5.74, 6) is 0.799. The molecule has 0 spiro atoms. The number of carbonyl (C=O) groups excluding carboxylic acids is 1. The SMILES string of the molecule is O=C(Nc1cccc(-c2nc3ccccc3[nH]2)c1)C1CCN(c2nc3ccccc3o2)CC1. The van der Waals surface area contributed by atoms with Crippen LogP contribution in [0.2, 0.25) is 0 Å². The highest BCUT2D eigenvalue weighted by Crippen LogP contribution is 2.28. The summed E-state index contributed by atoms with van der Waals surface area (Å²) < 4.78 is 5.88. The Bertz CT molecular complexity index is 1380. The van der Waals surface area contributed by atoms with Gasteiger partial charge in [0.25, 0.3) is 6.01 Å². The number of H-pyrrole nitrogens is 1. The van der Waals surface area contributed by atoms with Crippen LogP contribution >= 0.6 is 0 Å². The van der Waals surface area contributed by atoms with Gasteiger partial charge in [-0.25, -0.2) is 4.98 Å². The van der Waals surface area contributed by atoms with Crippen molar-refractivity contribution in [1.82, 2.24) is 15.0 Å². The number of carbonyl (C=O) groups is 1. The fourth-order valence-electron chi connectivity index (χ4n) is 4.41. The predicted molar refractivity (Wildman–Crippen MR) is 129 cm³/mol. The summed E-state index contributed by atoms with van der Waals surface area (Å²) >= 11 is 0. The van der Waals surface area contributed by atoms with Gasteiger partial charge in [-0.05, 0) is 49.2 Å². The van der Waals surface area contributed by atoms with E-state index < -0.39 is 0 Å². The fraction of sp³-hybridized carbons (Fsp3) is 0.192. The zero-order chi connectivity index (χ0) is 22.2. The Morgan fingerprint density at radius 3 is 2.55 bits per heavy atom. The molecular weight excluding hydrogens is 414 g/mol. The number of amides is 1.